The number of methoxy groups -OCH3 is 1. The maximum absolute atomic E-state index is 9.93. The van der Waals surface area contributed by atoms with Crippen LogP contribution in [0.2, 0.25) is 0 Å². The topological polar surface area (TPSA) is 29.5 Å². The maximum atomic E-state index is 9.93. The molecule has 1 aromatic rings. The molecule has 1 saturated carbocycles. The van der Waals surface area contributed by atoms with Gasteiger partial charge in [-0.25, -0.2) is 0 Å². The van der Waals surface area contributed by atoms with Gasteiger partial charge in [-0.05, 0) is 42.0 Å². The third kappa shape index (κ3) is 2.56. The van der Waals surface area contributed by atoms with Crippen molar-refractivity contribution >= 4 is 0 Å². The van der Waals surface area contributed by atoms with Gasteiger partial charge in [-0.1, -0.05) is 19.9 Å². The van der Waals surface area contributed by atoms with Gasteiger partial charge in [0.25, 0.3) is 0 Å². The Morgan fingerprint density at radius 2 is 2.00 bits per heavy atom. The molecule has 0 heterocycles. The summed E-state index contributed by atoms with van der Waals surface area (Å²) in [4.78, 5) is 0. The summed E-state index contributed by atoms with van der Waals surface area (Å²) in [6, 6.07) is 6.29. The van der Waals surface area contributed by atoms with Crippen LogP contribution in [-0.4, -0.2) is 17.8 Å². The Hall–Kier alpha value is -1.02. The summed E-state index contributed by atoms with van der Waals surface area (Å²) in [5, 5.41) is 9.93. The fourth-order valence-corrected chi connectivity index (χ4v) is 1.94. The number of aliphatic hydroxyl groups is 1. The lowest BCUT2D eigenvalue weighted by molar-refractivity contribution is 0.151. The third-order valence-electron chi connectivity index (χ3n) is 3.25. The van der Waals surface area contributed by atoms with Gasteiger partial charge in [0.05, 0.1) is 12.7 Å². The van der Waals surface area contributed by atoms with Gasteiger partial charge in [0.2, 0.25) is 0 Å². The van der Waals surface area contributed by atoms with Crippen molar-refractivity contribution in [1.29, 1.82) is 0 Å². The summed E-state index contributed by atoms with van der Waals surface area (Å²) in [6.07, 6.45) is 2.62. The van der Waals surface area contributed by atoms with E-state index in [1.807, 2.05) is 6.07 Å². The SMILES string of the molecule is COc1cc(CC2(O)CC2)cc(C(C)C)c1. The quantitative estimate of drug-likeness (QED) is 0.845. The van der Waals surface area contributed by atoms with Crippen LogP contribution >= 0.6 is 0 Å². The monoisotopic (exact) mass is 220 g/mol. The molecule has 1 aliphatic rings. The van der Waals surface area contributed by atoms with Crippen LogP contribution in [0.1, 0.15) is 43.7 Å². The molecule has 16 heavy (non-hydrogen) atoms. The molecule has 0 atom stereocenters. The predicted molar refractivity (Wildman–Crippen MR) is 65.0 cm³/mol. The Morgan fingerprint density at radius 3 is 2.50 bits per heavy atom. The highest BCUT2D eigenvalue weighted by Crippen LogP contribution is 2.39. The van der Waals surface area contributed by atoms with Gasteiger partial charge >= 0.3 is 0 Å². The maximum Gasteiger partial charge on any atom is 0.119 e. The standard InChI is InChI=1S/C14H20O2/c1-10(2)12-6-11(7-13(8-12)16-3)9-14(15)4-5-14/h6-8,10,15H,4-5,9H2,1-3H3. The molecule has 2 heteroatoms. The number of hydrogen-bond donors (Lipinski definition) is 1. The summed E-state index contributed by atoms with van der Waals surface area (Å²) < 4.78 is 5.30. The van der Waals surface area contributed by atoms with Crippen molar-refractivity contribution in [3.8, 4) is 5.75 Å². The molecule has 88 valence electrons. The van der Waals surface area contributed by atoms with Crippen LogP contribution in [0.15, 0.2) is 18.2 Å². The van der Waals surface area contributed by atoms with Gasteiger partial charge in [-0.3, -0.25) is 0 Å². The van der Waals surface area contributed by atoms with Crippen molar-refractivity contribution in [2.75, 3.05) is 7.11 Å². The molecule has 0 unspecified atom stereocenters. The Bertz CT molecular complexity index is 378. The molecule has 0 saturated heterocycles. The van der Waals surface area contributed by atoms with Crippen molar-refractivity contribution in [2.45, 2.75) is 44.6 Å². The molecular formula is C14H20O2. The van der Waals surface area contributed by atoms with Crippen LogP contribution in [0.5, 0.6) is 5.75 Å². The van der Waals surface area contributed by atoms with Crippen molar-refractivity contribution < 1.29 is 9.84 Å². The van der Waals surface area contributed by atoms with Crippen molar-refractivity contribution in [1.82, 2.24) is 0 Å². The Labute approximate surface area is 97.3 Å². The van der Waals surface area contributed by atoms with Gasteiger partial charge in [0, 0.05) is 6.42 Å². The van der Waals surface area contributed by atoms with Crippen LogP contribution in [0.25, 0.3) is 0 Å². The second-order valence-corrected chi connectivity index (χ2v) is 5.17. The zero-order valence-electron chi connectivity index (χ0n) is 10.3. The summed E-state index contributed by atoms with van der Waals surface area (Å²) in [7, 11) is 1.69. The molecule has 0 amide bonds. The molecule has 1 aliphatic carbocycles. The minimum atomic E-state index is -0.430. The van der Waals surface area contributed by atoms with Crippen LogP contribution in [-0.2, 0) is 6.42 Å². The number of benzene rings is 1. The molecule has 0 radical (unpaired) electrons. The van der Waals surface area contributed by atoms with E-state index in [0.717, 1.165) is 25.0 Å². The van der Waals surface area contributed by atoms with Crippen molar-refractivity contribution in [2.24, 2.45) is 0 Å². The first-order valence-electron chi connectivity index (χ1n) is 5.93. The average molecular weight is 220 g/mol. The first-order chi connectivity index (χ1) is 7.52. The smallest absolute Gasteiger partial charge is 0.119 e. The molecule has 1 N–H and O–H groups in total. The highest BCUT2D eigenvalue weighted by molar-refractivity contribution is 5.37. The Morgan fingerprint density at radius 1 is 1.31 bits per heavy atom. The fourth-order valence-electron chi connectivity index (χ4n) is 1.94. The van der Waals surface area contributed by atoms with E-state index in [1.165, 1.54) is 11.1 Å². The summed E-state index contributed by atoms with van der Waals surface area (Å²) in [5.74, 6) is 1.38. The molecule has 0 spiro atoms. The molecule has 2 nitrogen and oxygen atoms in total. The zero-order valence-corrected chi connectivity index (χ0v) is 10.3. The summed E-state index contributed by atoms with van der Waals surface area (Å²) >= 11 is 0. The van der Waals surface area contributed by atoms with Crippen LogP contribution in [0.4, 0.5) is 0 Å². The normalized spacial score (nSPS) is 17.6. The molecule has 0 bridgehead atoms. The predicted octanol–water partition coefficient (Wildman–Crippen LogP) is 2.89. The summed E-state index contributed by atoms with van der Waals surface area (Å²) in [6.45, 7) is 4.34. The van der Waals surface area contributed by atoms with Crippen LogP contribution in [0, 0.1) is 0 Å². The van der Waals surface area contributed by atoms with Crippen molar-refractivity contribution in [3.63, 3.8) is 0 Å². The number of ether oxygens (including phenoxy) is 1. The van der Waals surface area contributed by atoms with Gasteiger partial charge in [-0.15, -0.1) is 0 Å². The molecular weight excluding hydrogens is 200 g/mol. The Kier molecular flexibility index (Phi) is 2.94. The van der Waals surface area contributed by atoms with E-state index in [-0.39, 0.29) is 0 Å². The van der Waals surface area contributed by atoms with Gasteiger partial charge < -0.3 is 9.84 Å². The van der Waals surface area contributed by atoms with E-state index in [0.29, 0.717) is 5.92 Å². The first kappa shape index (κ1) is 11.5. The first-order valence-corrected chi connectivity index (χ1v) is 5.93. The molecule has 0 aromatic heterocycles. The van der Waals surface area contributed by atoms with E-state index >= 15 is 0 Å². The van der Waals surface area contributed by atoms with Crippen LogP contribution in [0.3, 0.4) is 0 Å². The van der Waals surface area contributed by atoms with Gasteiger partial charge in [0.15, 0.2) is 0 Å². The molecule has 1 fully saturated rings. The van der Waals surface area contributed by atoms with Crippen LogP contribution < -0.4 is 4.74 Å². The second-order valence-electron chi connectivity index (χ2n) is 5.17. The highest BCUT2D eigenvalue weighted by atomic mass is 16.5. The average Bonchev–Trinajstić information content (AvgIpc) is 2.95. The number of rotatable bonds is 4. The van der Waals surface area contributed by atoms with E-state index in [4.69, 9.17) is 4.74 Å². The van der Waals surface area contributed by atoms with Gasteiger partial charge in [-0.2, -0.15) is 0 Å². The second kappa shape index (κ2) is 4.10. The van der Waals surface area contributed by atoms with Crippen molar-refractivity contribution in [3.05, 3.63) is 29.3 Å². The minimum absolute atomic E-state index is 0.430. The largest absolute Gasteiger partial charge is 0.497 e. The molecule has 1 aromatic carbocycles. The lowest BCUT2D eigenvalue weighted by Crippen LogP contribution is -2.11. The number of hydrogen-bond acceptors (Lipinski definition) is 2. The summed E-state index contributed by atoms with van der Waals surface area (Å²) in [5.41, 5.74) is 2.03. The van der Waals surface area contributed by atoms with Gasteiger partial charge in [0.1, 0.15) is 5.75 Å². The molecule has 2 rings (SSSR count). The van der Waals surface area contributed by atoms with E-state index < -0.39 is 5.60 Å². The third-order valence-corrected chi connectivity index (χ3v) is 3.25. The van der Waals surface area contributed by atoms with E-state index in [9.17, 15) is 5.11 Å². The highest BCUT2D eigenvalue weighted by Gasteiger charge is 2.40. The lowest BCUT2D eigenvalue weighted by atomic mass is 9.97. The Balaban J connectivity index is 2.25. The zero-order chi connectivity index (χ0) is 11.8. The fraction of sp³-hybridized carbons (Fsp3) is 0.571. The minimum Gasteiger partial charge on any atom is -0.497 e. The van der Waals surface area contributed by atoms with E-state index in [1.54, 1.807) is 7.11 Å². The van der Waals surface area contributed by atoms with E-state index in [2.05, 4.69) is 26.0 Å². The lowest BCUT2D eigenvalue weighted by Gasteiger charge is -2.13. The molecule has 0 aliphatic heterocycles.